The number of hydrogen-bond donors (Lipinski definition) is 0. The Hall–Kier alpha value is -0.0500. The van der Waals surface area contributed by atoms with E-state index in [0.717, 1.165) is 44.9 Å². The average Bonchev–Trinajstić information content (AvgIpc) is 2.02. The standard InChI is InChI=1S/C10H18O2S/c11-13(12,10-7-4-8-10)9-5-2-1-3-6-9/h9-10H,1-8H2. The van der Waals surface area contributed by atoms with Crippen LogP contribution in [0, 0.1) is 0 Å². The molecule has 0 heterocycles. The average molecular weight is 202 g/mol. The topological polar surface area (TPSA) is 34.1 Å². The Kier molecular flexibility index (Phi) is 2.63. The summed E-state index contributed by atoms with van der Waals surface area (Å²) >= 11 is 0. The molecule has 0 unspecified atom stereocenters. The Morgan fingerprint density at radius 3 is 1.54 bits per heavy atom. The van der Waals surface area contributed by atoms with Gasteiger partial charge >= 0.3 is 0 Å². The predicted octanol–water partition coefficient (Wildman–Crippen LogP) is 2.29. The van der Waals surface area contributed by atoms with Gasteiger partial charge in [-0.1, -0.05) is 25.7 Å². The van der Waals surface area contributed by atoms with Crippen LogP contribution in [0.1, 0.15) is 51.4 Å². The van der Waals surface area contributed by atoms with Crippen LogP contribution in [0.2, 0.25) is 0 Å². The lowest BCUT2D eigenvalue weighted by molar-refractivity contribution is 0.441. The fourth-order valence-electron chi connectivity index (χ4n) is 2.37. The Bertz CT molecular complexity index is 259. The van der Waals surface area contributed by atoms with Gasteiger partial charge in [0.05, 0.1) is 10.5 Å². The molecular weight excluding hydrogens is 184 g/mol. The van der Waals surface area contributed by atoms with Crippen molar-refractivity contribution in [3.05, 3.63) is 0 Å². The van der Waals surface area contributed by atoms with E-state index in [1.165, 1.54) is 6.42 Å². The van der Waals surface area contributed by atoms with E-state index >= 15 is 0 Å². The molecule has 13 heavy (non-hydrogen) atoms. The molecule has 2 saturated carbocycles. The Morgan fingerprint density at radius 1 is 0.692 bits per heavy atom. The van der Waals surface area contributed by atoms with Crippen molar-refractivity contribution in [3.63, 3.8) is 0 Å². The third kappa shape index (κ3) is 1.76. The minimum Gasteiger partial charge on any atom is -0.228 e. The summed E-state index contributed by atoms with van der Waals surface area (Å²) in [5, 5.41) is 0.0575. The zero-order valence-corrected chi connectivity index (χ0v) is 8.85. The summed E-state index contributed by atoms with van der Waals surface area (Å²) in [5.41, 5.74) is 0. The van der Waals surface area contributed by atoms with Crippen molar-refractivity contribution in [2.45, 2.75) is 61.9 Å². The van der Waals surface area contributed by atoms with E-state index < -0.39 is 9.84 Å². The summed E-state index contributed by atoms with van der Waals surface area (Å²) in [6, 6.07) is 0. The minimum absolute atomic E-state index is 0.0200. The zero-order chi connectivity index (χ0) is 9.31. The van der Waals surface area contributed by atoms with Crippen molar-refractivity contribution >= 4 is 9.84 Å². The van der Waals surface area contributed by atoms with Crippen LogP contribution in [-0.4, -0.2) is 18.9 Å². The third-order valence-corrected chi connectivity index (χ3v) is 6.33. The van der Waals surface area contributed by atoms with Crippen LogP contribution >= 0.6 is 0 Å². The highest BCUT2D eigenvalue weighted by atomic mass is 32.2. The number of rotatable bonds is 2. The zero-order valence-electron chi connectivity index (χ0n) is 8.04. The molecule has 0 aliphatic heterocycles. The van der Waals surface area contributed by atoms with Gasteiger partial charge in [0.25, 0.3) is 0 Å². The summed E-state index contributed by atoms with van der Waals surface area (Å²) < 4.78 is 23.9. The Labute approximate surface area is 80.6 Å². The van der Waals surface area contributed by atoms with E-state index in [2.05, 4.69) is 0 Å². The first-order valence-corrected chi connectivity index (χ1v) is 7.05. The highest BCUT2D eigenvalue weighted by Crippen LogP contribution is 2.34. The van der Waals surface area contributed by atoms with Crippen LogP contribution in [0.4, 0.5) is 0 Å². The second kappa shape index (κ2) is 3.60. The van der Waals surface area contributed by atoms with Gasteiger partial charge in [0, 0.05) is 0 Å². The molecule has 0 bridgehead atoms. The van der Waals surface area contributed by atoms with Crippen molar-refractivity contribution in [1.82, 2.24) is 0 Å². The highest BCUT2D eigenvalue weighted by Gasteiger charge is 2.37. The molecule has 76 valence electrons. The van der Waals surface area contributed by atoms with E-state index in [4.69, 9.17) is 0 Å². The summed E-state index contributed by atoms with van der Waals surface area (Å²) in [7, 11) is -2.73. The van der Waals surface area contributed by atoms with Crippen LogP contribution in [0.5, 0.6) is 0 Å². The maximum absolute atomic E-state index is 12.0. The number of sulfone groups is 1. The van der Waals surface area contributed by atoms with Gasteiger partial charge < -0.3 is 0 Å². The fourth-order valence-corrected chi connectivity index (χ4v) is 4.89. The van der Waals surface area contributed by atoms with Gasteiger partial charge in [-0.2, -0.15) is 0 Å². The first-order valence-electron chi connectivity index (χ1n) is 5.44. The maximum Gasteiger partial charge on any atom is 0.156 e. The maximum atomic E-state index is 12.0. The predicted molar refractivity (Wildman–Crippen MR) is 53.4 cm³/mol. The molecule has 2 aliphatic rings. The Balaban J connectivity index is 2.03. The second-order valence-corrected chi connectivity index (χ2v) is 6.91. The lowest BCUT2D eigenvalue weighted by Crippen LogP contribution is -2.37. The summed E-state index contributed by atoms with van der Waals surface area (Å²) in [5.74, 6) is 0. The molecule has 0 amide bonds. The van der Waals surface area contributed by atoms with Crippen molar-refractivity contribution in [2.24, 2.45) is 0 Å². The van der Waals surface area contributed by atoms with Crippen LogP contribution in [0.3, 0.4) is 0 Å². The molecular formula is C10H18O2S. The van der Waals surface area contributed by atoms with Crippen molar-refractivity contribution in [3.8, 4) is 0 Å². The van der Waals surface area contributed by atoms with Gasteiger partial charge in [-0.05, 0) is 25.7 Å². The molecule has 0 atom stereocenters. The van der Waals surface area contributed by atoms with Crippen LogP contribution < -0.4 is 0 Å². The van der Waals surface area contributed by atoms with E-state index in [0.29, 0.717) is 0 Å². The molecule has 2 aliphatic carbocycles. The molecule has 2 rings (SSSR count). The normalized spacial score (nSPS) is 27.1. The second-order valence-electron chi connectivity index (χ2n) is 4.40. The van der Waals surface area contributed by atoms with Gasteiger partial charge in [-0.3, -0.25) is 0 Å². The van der Waals surface area contributed by atoms with Crippen LogP contribution in [-0.2, 0) is 9.84 Å². The van der Waals surface area contributed by atoms with Gasteiger partial charge in [-0.15, -0.1) is 0 Å². The lowest BCUT2D eigenvalue weighted by atomic mass is 9.99. The largest absolute Gasteiger partial charge is 0.228 e. The molecule has 0 aromatic carbocycles. The van der Waals surface area contributed by atoms with Crippen molar-refractivity contribution < 1.29 is 8.42 Å². The minimum atomic E-state index is -2.73. The fraction of sp³-hybridized carbons (Fsp3) is 1.00. The molecule has 0 aromatic heterocycles. The summed E-state index contributed by atoms with van der Waals surface area (Å²) in [6.07, 6.45) is 8.32. The SMILES string of the molecule is O=S(=O)(C1CCCCC1)C1CCC1. The molecule has 0 saturated heterocycles. The molecule has 2 nitrogen and oxygen atoms in total. The van der Waals surface area contributed by atoms with E-state index in [1.54, 1.807) is 0 Å². The number of hydrogen-bond acceptors (Lipinski definition) is 2. The third-order valence-electron chi connectivity index (χ3n) is 3.53. The molecule has 0 N–H and O–H groups in total. The van der Waals surface area contributed by atoms with Crippen LogP contribution in [0.25, 0.3) is 0 Å². The van der Waals surface area contributed by atoms with E-state index in [-0.39, 0.29) is 10.5 Å². The first kappa shape index (κ1) is 9.50. The van der Waals surface area contributed by atoms with E-state index in [1.807, 2.05) is 0 Å². The monoisotopic (exact) mass is 202 g/mol. The van der Waals surface area contributed by atoms with Crippen LogP contribution in [0.15, 0.2) is 0 Å². The Morgan fingerprint density at radius 2 is 1.15 bits per heavy atom. The van der Waals surface area contributed by atoms with Gasteiger partial charge in [-0.25, -0.2) is 8.42 Å². The molecule has 0 aromatic rings. The molecule has 2 fully saturated rings. The van der Waals surface area contributed by atoms with E-state index in [9.17, 15) is 8.42 Å². The lowest BCUT2D eigenvalue weighted by Gasteiger charge is -2.31. The smallest absolute Gasteiger partial charge is 0.156 e. The van der Waals surface area contributed by atoms with Gasteiger partial charge in [0.2, 0.25) is 0 Å². The van der Waals surface area contributed by atoms with Gasteiger partial charge in [0.1, 0.15) is 0 Å². The summed E-state index contributed by atoms with van der Waals surface area (Å²) in [4.78, 5) is 0. The first-order chi connectivity index (χ1) is 6.21. The van der Waals surface area contributed by atoms with Crippen molar-refractivity contribution in [1.29, 1.82) is 0 Å². The molecule has 3 heteroatoms. The van der Waals surface area contributed by atoms with Gasteiger partial charge in [0.15, 0.2) is 9.84 Å². The summed E-state index contributed by atoms with van der Waals surface area (Å²) in [6.45, 7) is 0. The van der Waals surface area contributed by atoms with Crippen molar-refractivity contribution in [2.75, 3.05) is 0 Å². The highest BCUT2D eigenvalue weighted by molar-refractivity contribution is 7.92. The molecule has 0 spiro atoms. The molecule has 0 radical (unpaired) electrons. The quantitative estimate of drug-likeness (QED) is 0.688.